The first-order valence-electron chi connectivity index (χ1n) is 4.89. The van der Waals surface area contributed by atoms with Crippen molar-refractivity contribution in [3.8, 4) is 0 Å². The van der Waals surface area contributed by atoms with Gasteiger partial charge in [0.1, 0.15) is 0 Å². The average Bonchev–Trinajstić information content (AvgIpc) is 2.15. The van der Waals surface area contributed by atoms with E-state index in [4.69, 9.17) is 13.0 Å². The zero-order valence-electron chi connectivity index (χ0n) is 7.83. The number of carboxylic acids is 1. The van der Waals surface area contributed by atoms with Gasteiger partial charge in [-0.2, -0.15) is 0 Å². The van der Waals surface area contributed by atoms with Crippen LogP contribution in [0.2, 0.25) is 6.32 Å². The van der Waals surface area contributed by atoms with Crippen LogP contribution < -0.4 is 5.32 Å². The van der Waals surface area contributed by atoms with E-state index in [9.17, 15) is 4.79 Å². The highest BCUT2D eigenvalue weighted by Crippen LogP contribution is 2.24. The highest BCUT2D eigenvalue weighted by atomic mass is 16.4. The Labute approximate surface area is 80.3 Å². The molecule has 1 aliphatic heterocycles. The molecule has 2 radical (unpaired) electrons. The van der Waals surface area contributed by atoms with Crippen LogP contribution in [0.3, 0.4) is 0 Å². The molecular formula is C9H16BNO2. The summed E-state index contributed by atoms with van der Waals surface area (Å²) in [6.45, 7) is 1.66. The SMILES string of the molecule is [B]CCC[C@@H]1CNCC[C@H]1C(=O)O. The Morgan fingerprint density at radius 1 is 1.62 bits per heavy atom. The molecule has 1 rings (SSSR count). The summed E-state index contributed by atoms with van der Waals surface area (Å²) in [4.78, 5) is 10.9. The van der Waals surface area contributed by atoms with Gasteiger partial charge >= 0.3 is 5.97 Å². The first kappa shape index (κ1) is 10.6. The van der Waals surface area contributed by atoms with Crippen LogP contribution in [0.15, 0.2) is 0 Å². The van der Waals surface area contributed by atoms with Crippen molar-refractivity contribution < 1.29 is 9.90 Å². The molecule has 0 aromatic carbocycles. The van der Waals surface area contributed by atoms with Crippen LogP contribution >= 0.6 is 0 Å². The summed E-state index contributed by atoms with van der Waals surface area (Å²) in [5.41, 5.74) is 0. The fraction of sp³-hybridized carbons (Fsp3) is 0.889. The molecule has 4 heteroatoms. The van der Waals surface area contributed by atoms with Gasteiger partial charge in [-0.15, -0.1) is 0 Å². The predicted octanol–water partition coefficient (Wildman–Crippen LogP) is 0.664. The van der Waals surface area contributed by atoms with Crippen molar-refractivity contribution in [2.45, 2.75) is 25.6 Å². The van der Waals surface area contributed by atoms with Crippen molar-refractivity contribution in [2.75, 3.05) is 13.1 Å². The van der Waals surface area contributed by atoms with Crippen LogP contribution in [0.25, 0.3) is 0 Å². The van der Waals surface area contributed by atoms with Crippen LogP contribution in [-0.2, 0) is 4.79 Å². The lowest BCUT2D eigenvalue weighted by Crippen LogP contribution is -2.40. The Balaban J connectivity index is 2.41. The molecule has 0 amide bonds. The molecule has 1 saturated heterocycles. The second kappa shape index (κ2) is 5.27. The lowest BCUT2D eigenvalue weighted by molar-refractivity contribution is -0.144. The number of carboxylic acid groups (broad SMARTS) is 1. The number of nitrogens with one attached hydrogen (secondary N) is 1. The molecule has 3 nitrogen and oxygen atoms in total. The molecule has 0 bridgehead atoms. The maximum absolute atomic E-state index is 10.9. The predicted molar refractivity (Wildman–Crippen MR) is 51.9 cm³/mol. The van der Waals surface area contributed by atoms with Gasteiger partial charge in [0, 0.05) is 0 Å². The largest absolute Gasteiger partial charge is 0.481 e. The van der Waals surface area contributed by atoms with Gasteiger partial charge in [0.15, 0.2) is 0 Å². The van der Waals surface area contributed by atoms with Crippen molar-refractivity contribution >= 4 is 13.8 Å². The van der Waals surface area contributed by atoms with Gasteiger partial charge in [-0.25, -0.2) is 0 Å². The van der Waals surface area contributed by atoms with Crippen molar-refractivity contribution in [3.05, 3.63) is 0 Å². The lowest BCUT2D eigenvalue weighted by atomic mass is 9.82. The van der Waals surface area contributed by atoms with Gasteiger partial charge in [-0.05, 0) is 31.8 Å². The smallest absolute Gasteiger partial charge is 0.306 e. The van der Waals surface area contributed by atoms with Crippen LogP contribution in [-0.4, -0.2) is 32.0 Å². The van der Waals surface area contributed by atoms with Crippen molar-refractivity contribution in [2.24, 2.45) is 11.8 Å². The second-order valence-corrected chi connectivity index (χ2v) is 3.63. The van der Waals surface area contributed by atoms with Crippen LogP contribution in [0, 0.1) is 11.8 Å². The Morgan fingerprint density at radius 3 is 3.00 bits per heavy atom. The minimum atomic E-state index is -0.650. The van der Waals surface area contributed by atoms with E-state index in [-0.39, 0.29) is 11.8 Å². The summed E-state index contributed by atoms with van der Waals surface area (Å²) in [5.74, 6) is -0.536. The third kappa shape index (κ3) is 3.03. The molecular weight excluding hydrogens is 165 g/mol. The Morgan fingerprint density at radius 2 is 2.38 bits per heavy atom. The minimum Gasteiger partial charge on any atom is -0.481 e. The number of piperidine rings is 1. The minimum absolute atomic E-state index is 0.159. The van der Waals surface area contributed by atoms with Crippen molar-refractivity contribution in [3.63, 3.8) is 0 Å². The summed E-state index contributed by atoms with van der Waals surface area (Å²) in [5, 5.41) is 12.2. The van der Waals surface area contributed by atoms with Crippen LogP contribution in [0.4, 0.5) is 0 Å². The molecule has 2 N–H and O–H groups in total. The summed E-state index contributed by atoms with van der Waals surface area (Å²) >= 11 is 0. The van der Waals surface area contributed by atoms with E-state index in [2.05, 4.69) is 5.32 Å². The molecule has 0 aliphatic carbocycles. The van der Waals surface area contributed by atoms with E-state index < -0.39 is 5.97 Å². The molecule has 0 unspecified atom stereocenters. The summed E-state index contributed by atoms with van der Waals surface area (Å²) in [7, 11) is 5.40. The van der Waals surface area contributed by atoms with E-state index in [1.54, 1.807) is 0 Å². The average molecular weight is 181 g/mol. The molecule has 0 saturated carbocycles. The number of hydrogen-bond acceptors (Lipinski definition) is 2. The van der Waals surface area contributed by atoms with E-state index >= 15 is 0 Å². The zero-order chi connectivity index (χ0) is 9.68. The summed E-state index contributed by atoms with van der Waals surface area (Å²) < 4.78 is 0. The maximum atomic E-state index is 10.9. The highest BCUT2D eigenvalue weighted by molar-refractivity contribution is 6.08. The molecule has 1 heterocycles. The van der Waals surface area contributed by atoms with E-state index in [0.29, 0.717) is 6.32 Å². The second-order valence-electron chi connectivity index (χ2n) is 3.63. The normalized spacial score (nSPS) is 28.6. The van der Waals surface area contributed by atoms with Crippen molar-refractivity contribution in [1.82, 2.24) is 5.32 Å². The van der Waals surface area contributed by atoms with Gasteiger partial charge in [0.05, 0.1) is 13.8 Å². The monoisotopic (exact) mass is 181 g/mol. The Bertz CT molecular complexity index is 175. The summed E-state index contributed by atoms with van der Waals surface area (Å²) in [6.07, 6.45) is 3.27. The number of aliphatic carboxylic acids is 1. The van der Waals surface area contributed by atoms with E-state index in [1.807, 2.05) is 0 Å². The maximum Gasteiger partial charge on any atom is 0.306 e. The molecule has 72 valence electrons. The molecule has 1 fully saturated rings. The standard InChI is InChI=1S/C9H16BNO2/c10-4-1-2-7-6-11-5-3-8(7)9(12)13/h7-8,11H,1-6H2,(H,12,13)/t7-,8-/m1/s1. The van der Waals surface area contributed by atoms with Crippen molar-refractivity contribution in [1.29, 1.82) is 0 Å². The third-order valence-corrected chi connectivity index (χ3v) is 2.70. The lowest BCUT2D eigenvalue weighted by Gasteiger charge is -2.29. The van der Waals surface area contributed by atoms with Gasteiger partial charge in [-0.3, -0.25) is 4.79 Å². The molecule has 0 aromatic rings. The topological polar surface area (TPSA) is 49.3 Å². The van der Waals surface area contributed by atoms with E-state index in [1.165, 1.54) is 0 Å². The Hall–Kier alpha value is -0.505. The number of rotatable bonds is 4. The summed E-state index contributed by atoms with van der Waals surface area (Å²) in [6, 6.07) is 0. The number of hydrogen-bond donors (Lipinski definition) is 2. The molecule has 1 aliphatic rings. The quantitative estimate of drug-likeness (QED) is 0.626. The molecule has 13 heavy (non-hydrogen) atoms. The first-order valence-corrected chi connectivity index (χ1v) is 4.89. The fourth-order valence-corrected chi connectivity index (χ4v) is 1.93. The Kier molecular flexibility index (Phi) is 4.29. The zero-order valence-corrected chi connectivity index (χ0v) is 7.83. The van der Waals surface area contributed by atoms with Crippen LogP contribution in [0.1, 0.15) is 19.3 Å². The van der Waals surface area contributed by atoms with Gasteiger partial charge in [-0.1, -0.05) is 12.7 Å². The fourth-order valence-electron chi connectivity index (χ4n) is 1.93. The third-order valence-electron chi connectivity index (χ3n) is 2.70. The first-order chi connectivity index (χ1) is 6.25. The van der Waals surface area contributed by atoms with E-state index in [0.717, 1.165) is 32.4 Å². The molecule has 0 spiro atoms. The van der Waals surface area contributed by atoms with Gasteiger partial charge < -0.3 is 10.4 Å². The molecule has 2 atom stereocenters. The molecule has 0 aromatic heterocycles. The van der Waals surface area contributed by atoms with Gasteiger partial charge in [0.25, 0.3) is 0 Å². The number of carbonyl (C=O) groups is 1. The highest BCUT2D eigenvalue weighted by Gasteiger charge is 2.29. The van der Waals surface area contributed by atoms with Gasteiger partial charge in [0.2, 0.25) is 0 Å². The van der Waals surface area contributed by atoms with Crippen LogP contribution in [0.5, 0.6) is 0 Å².